The molecule has 0 spiro atoms. The average molecular weight is 357 g/mol. The van der Waals surface area contributed by atoms with E-state index in [4.69, 9.17) is 5.11 Å². The maximum Gasteiger partial charge on any atom is 0.416 e. The van der Waals surface area contributed by atoms with Crippen LogP contribution in [0.1, 0.15) is 56.1 Å². The van der Waals surface area contributed by atoms with Gasteiger partial charge in [0.25, 0.3) is 0 Å². The highest BCUT2D eigenvalue weighted by molar-refractivity contribution is 5.78. The van der Waals surface area contributed by atoms with Gasteiger partial charge >= 0.3 is 12.1 Å². The second-order valence-electron chi connectivity index (χ2n) is 6.66. The number of alkyl halides is 3. The molecule has 0 bridgehead atoms. The number of carbonyl (C=O) groups excluding carboxylic acids is 1. The SMILES string of the molecule is O=C(O)CC1(NC(=O)CCCc2cccc(C(F)(F)F)c2)CCCC1. The van der Waals surface area contributed by atoms with E-state index in [2.05, 4.69) is 5.32 Å². The highest BCUT2D eigenvalue weighted by Crippen LogP contribution is 2.33. The Morgan fingerprint density at radius 2 is 1.88 bits per heavy atom. The summed E-state index contributed by atoms with van der Waals surface area (Å²) < 4.78 is 38.0. The van der Waals surface area contributed by atoms with Gasteiger partial charge in [-0.15, -0.1) is 0 Å². The second-order valence-corrected chi connectivity index (χ2v) is 6.66. The number of hydrogen-bond donors (Lipinski definition) is 2. The van der Waals surface area contributed by atoms with Crippen LogP contribution in [0.25, 0.3) is 0 Å². The highest BCUT2D eigenvalue weighted by Gasteiger charge is 2.37. The van der Waals surface area contributed by atoms with Crippen molar-refractivity contribution in [1.82, 2.24) is 5.32 Å². The molecule has 0 saturated heterocycles. The molecule has 4 nitrogen and oxygen atoms in total. The molecule has 0 unspecified atom stereocenters. The van der Waals surface area contributed by atoms with Gasteiger partial charge in [-0.05, 0) is 37.3 Å². The Labute approximate surface area is 144 Å². The second kappa shape index (κ2) is 7.89. The van der Waals surface area contributed by atoms with Crippen LogP contribution >= 0.6 is 0 Å². The smallest absolute Gasteiger partial charge is 0.416 e. The molecule has 1 aromatic rings. The molecule has 0 aliphatic heterocycles. The minimum atomic E-state index is -4.38. The van der Waals surface area contributed by atoms with Gasteiger partial charge in [-0.1, -0.05) is 31.0 Å². The molecule has 0 atom stereocenters. The summed E-state index contributed by atoms with van der Waals surface area (Å²) >= 11 is 0. The zero-order valence-electron chi connectivity index (χ0n) is 13.9. The first-order chi connectivity index (χ1) is 11.7. The fraction of sp³-hybridized carbons (Fsp3) is 0.556. The number of carbonyl (C=O) groups is 2. The van der Waals surface area contributed by atoms with E-state index < -0.39 is 23.2 Å². The predicted molar refractivity (Wildman–Crippen MR) is 86.0 cm³/mol. The van der Waals surface area contributed by atoms with E-state index in [0.717, 1.165) is 25.0 Å². The maximum absolute atomic E-state index is 12.7. The highest BCUT2D eigenvalue weighted by atomic mass is 19.4. The Kier molecular flexibility index (Phi) is 6.08. The first kappa shape index (κ1) is 19.3. The molecule has 0 aromatic heterocycles. The van der Waals surface area contributed by atoms with Crippen LogP contribution < -0.4 is 5.32 Å². The third-order valence-electron chi connectivity index (χ3n) is 4.58. The monoisotopic (exact) mass is 357 g/mol. The molecule has 1 aliphatic rings. The van der Waals surface area contributed by atoms with E-state index in [-0.39, 0.29) is 18.7 Å². The number of benzene rings is 1. The number of carboxylic acid groups (broad SMARTS) is 1. The number of nitrogens with one attached hydrogen (secondary N) is 1. The van der Waals surface area contributed by atoms with Crippen molar-refractivity contribution in [3.8, 4) is 0 Å². The Hall–Kier alpha value is -2.05. The number of rotatable bonds is 7. The van der Waals surface area contributed by atoms with Gasteiger partial charge in [0.2, 0.25) is 5.91 Å². The van der Waals surface area contributed by atoms with E-state index >= 15 is 0 Å². The van der Waals surface area contributed by atoms with Crippen molar-refractivity contribution in [1.29, 1.82) is 0 Å². The number of amides is 1. The van der Waals surface area contributed by atoms with Gasteiger partial charge in [-0.2, -0.15) is 13.2 Å². The van der Waals surface area contributed by atoms with Crippen LogP contribution in [0, 0.1) is 0 Å². The molecule has 1 aliphatic carbocycles. The third-order valence-corrected chi connectivity index (χ3v) is 4.58. The van der Waals surface area contributed by atoms with Gasteiger partial charge in [0, 0.05) is 6.42 Å². The number of halogens is 3. The lowest BCUT2D eigenvalue weighted by Crippen LogP contribution is -2.47. The van der Waals surface area contributed by atoms with Crippen molar-refractivity contribution < 1.29 is 27.9 Å². The van der Waals surface area contributed by atoms with Gasteiger partial charge in [0.15, 0.2) is 0 Å². The summed E-state index contributed by atoms with van der Waals surface area (Å²) in [4.78, 5) is 23.1. The summed E-state index contributed by atoms with van der Waals surface area (Å²) in [6.07, 6.45) is -0.449. The van der Waals surface area contributed by atoms with Crippen LogP contribution in [0.4, 0.5) is 13.2 Å². The summed E-state index contributed by atoms with van der Waals surface area (Å²) in [5.41, 5.74) is -0.830. The lowest BCUT2D eigenvalue weighted by atomic mass is 9.93. The molecule has 0 heterocycles. The Bertz CT molecular complexity index is 622. The molecule has 2 N–H and O–H groups in total. The molecule has 138 valence electrons. The molecule has 2 rings (SSSR count). The van der Waals surface area contributed by atoms with Crippen molar-refractivity contribution in [2.75, 3.05) is 0 Å². The average Bonchev–Trinajstić information content (AvgIpc) is 2.93. The van der Waals surface area contributed by atoms with Crippen molar-refractivity contribution >= 4 is 11.9 Å². The van der Waals surface area contributed by atoms with E-state index in [1.807, 2.05) is 0 Å². The lowest BCUT2D eigenvalue weighted by molar-refractivity contribution is -0.139. The van der Waals surface area contributed by atoms with Gasteiger partial charge in [-0.25, -0.2) is 0 Å². The zero-order chi connectivity index (χ0) is 18.5. The lowest BCUT2D eigenvalue weighted by Gasteiger charge is -2.28. The van der Waals surface area contributed by atoms with Crippen LogP contribution in [-0.4, -0.2) is 22.5 Å². The molecule has 1 aromatic carbocycles. The molecule has 1 fully saturated rings. The van der Waals surface area contributed by atoms with E-state index in [0.29, 0.717) is 31.2 Å². The first-order valence-electron chi connectivity index (χ1n) is 8.39. The standard InChI is InChI=1S/C18H22F3NO3/c19-18(20,21)14-7-3-5-13(11-14)6-4-8-15(23)22-17(12-16(24)25)9-1-2-10-17/h3,5,7,11H,1-2,4,6,8-10,12H2,(H,22,23)(H,24,25). The Balaban J connectivity index is 1.85. The van der Waals surface area contributed by atoms with Crippen LogP contribution in [0.5, 0.6) is 0 Å². The summed E-state index contributed by atoms with van der Waals surface area (Å²) in [6, 6.07) is 5.08. The normalized spacial score (nSPS) is 16.6. The summed E-state index contributed by atoms with van der Waals surface area (Å²) in [5.74, 6) is -1.18. The summed E-state index contributed by atoms with van der Waals surface area (Å²) in [7, 11) is 0. The molecule has 0 radical (unpaired) electrons. The molecule has 7 heteroatoms. The van der Waals surface area contributed by atoms with Crippen molar-refractivity contribution in [2.24, 2.45) is 0 Å². The first-order valence-corrected chi connectivity index (χ1v) is 8.39. The topological polar surface area (TPSA) is 66.4 Å². The fourth-order valence-electron chi connectivity index (χ4n) is 3.40. The van der Waals surface area contributed by atoms with Gasteiger partial charge in [-0.3, -0.25) is 9.59 Å². The van der Waals surface area contributed by atoms with E-state index in [1.165, 1.54) is 6.07 Å². The van der Waals surface area contributed by atoms with Gasteiger partial charge in [0.05, 0.1) is 17.5 Å². The van der Waals surface area contributed by atoms with Crippen LogP contribution in [0.15, 0.2) is 24.3 Å². The number of carboxylic acids is 1. The Morgan fingerprint density at radius 3 is 2.48 bits per heavy atom. The van der Waals surface area contributed by atoms with Crippen LogP contribution in [-0.2, 0) is 22.2 Å². The minimum Gasteiger partial charge on any atom is -0.481 e. The summed E-state index contributed by atoms with van der Waals surface area (Å²) in [6.45, 7) is 0. The Morgan fingerprint density at radius 1 is 1.20 bits per heavy atom. The molecule has 1 saturated carbocycles. The number of aliphatic carboxylic acids is 1. The quantitative estimate of drug-likeness (QED) is 0.777. The largest absolute Gasteiger partial charge is 0.481 e. The summed E-state index contributed by atoms with van der Waals surface area (Å²) in [5, 5.41) is 11.9. The van der Waals surface area contributed by atoms with E-state index in [9.17, 15) is 22.8 Å². The molecule has 25 heavy (non-hydrogen) atoms. The van der Waals surface area contributed by atoms with E-state index in [1.54, 1.807) is 6.07 Å². The zero-order valence-corrected chi connectivity index (χ0v) is 13.9. The predicted octanol–water partition coefficient (Wildman–Crippen LogP) is 3.93. The van der Waals surface area contributed by atoms with Crippen molar-refractivity contribution in [3.05, 3.63) is 35.4 Å². The maximum atomic E-state index is 12.7. The van der Waals surface area contributed by atoms with Gasteiger partial charge in [0.1, 0.15) is 0 Å². The fourth-order valence-corrected chi connectivity index (χ4v) is 3.40. The number of hydrogen-bond acceptors (Lipinski definition) is 2. The minimum absolute atomic E-state index is 0.0909. The molecule has 1 amide bonds. The van der Waals surface area contributed by atoms with Crippen LogP contribution in [0.2, 0.25) is 0 Å². The molecular weight excluding hydrogens is 335 g/mol. The van der Waals surface area contributed by atoms with Crippen LogP contribution in [0.3, 0.4) is 0 Å². The van der Waals surface area contributed by atoms with Crippen molar-refractivity contribution in [2.45, 2.75) is 63.1 Å². The van der Waals surface area contributed by atoms with Crippen molar-refractivity contribution in [3.63, 3.8) is 0 Å². The van der Waals surface area contributed by atoms with Gasteiger partial charge < -0.3 is 10.4 Å². The third kappa shape index (κ3) is 5.76. The number of aryl methyl sites for hydroxylation is 1. The molecular formula is C18H22F3NO3.